The number of anilines is 1. The normalized spacial score (nSPS) is 16.4. The van der Waals surface area contributed by atoms with Crippen molar-refractivity contribution in [3.05, 3.63) is 54.4 Å². The summed E-state index contributed by atoms with van der Waals surface area (Å²) in [5, 5.41) is 13.7. The second kappa shape index (κ2) is 15.9. The maximum absolute atomic E-state index is 14.1. The van der Waals surface area contributed by atoms with Crippen molar-refractivity contribution in [1.29, 1.82) is 0 Å². The lowest BCUT2D eigenvalue weighted by atomic mass is 9.91. The summed E-state index contributed by atoms with van der Waals surface area (Å²) in [5.41, 5.74) is 6.68. The Labute approximate surface area is 262 Å². The van der Waals surface area contributed by atoms with Crippen LogP contribution in [0.2, 0.25) is 0 Å². The summed E-state index contributed by atoms with van der Waals surface area (Å²) in [7, 11) is 0. The number of pyridine rings is 1. The van der Waals surface area contributed by atoms with Crippen LogP contribution in [0, 0.1) is 11.8 Å². The van der Waals surface area contributed by atoms with Gasteiger partial charge in [-0.05, 0) is 88.3 Å². The molecule has 44 heavy (non-hydrogen) atoms. The average Bonchev–Trinajstić information content (AvgIpc) is 3.21. The van der Waals surface area contributed by atoms with Gasteiger partial charge in [-0.25, -0.2) is 4.48 Å². The van der Waals surface area contributed by atoms with Crippen LogP contribution in [0.3, 0.4) is 0 Å². The van der Waals surface area contributed by atoms with Gasteiger partial charge in [-0.2, -0.15) is 4.79 Å². The lowest BCUT2D eigenvalue weighted by molar-refractivity contribution is -0.876. The number of ether oxygens (including phenoxy) is 1. The Bertz CT molecular complexity index is 1210. The molecule has 1 aliphatic rings. The molecule has 0 bridgehead atoms. The van der Waals surface area contributed by atoms with E-state index >= 15 is 0 Å². The molecule has 0 aliphatic carbocycles. The van der Waals surface area contributed by atoms with Gasteiger partial charge >= 0.3 is 6.09 Å². The molecule has 1 aromatic heterocycles. The standard InChI is InChI=1S/C34H51N5O5/c1-25(2)17-19-38(28-13-15-29(16-14-28)44-23-27-12-8-9-18-36-27)24-34(4,5)37-32(41)31(26(3)22-30(35)40)39(33(42)43)20-10-6-7-11-21-39/h8-9,12-16,18,25-26,31H,6-7,10-11,17,19-24H2,1-5H3,(H3-,35,37,40,41,42,43)/p+1. The topological polar surface area (TPSA) is 135 Å². The molecule has 0 radical (unpaired) electrons. The van der Waals surface area contributed by atoms with E-state index in [1.54, 1.807) is 13.1 Å². The van der Waals surface area contributed by atoms with Crippen molar-refractivity contribution in [3.8, 4) is 5.75 Å². The van der Waals surface area contributed by atoms with Crippen molar-refractivity contribution in [2.75, 3.05) is 31.1 Å². The highest BCUT2D eigenvalue weighted by molar-refractivity contribution is 5.84. The minimum atomic E-state index is -1.02. The maximum Gasteiger partial charge on any atom is 0.514 e. The molecular weight excluding hydrogens is 558 g/mol. The van der Waals surface area contributed by atoms with Gasteiger partial charge in [0.25, 0.3) is 5.91 Å². The largest absolute Gasteiger partial charge is 0.514 e. The molecule has 2 aromatic rings. The van der Waals surface area contributed by atoms with Crippen LogP contribution in [0.4, 0.5) is 10.5 Å². The zero-order valence-corrected chi connectivity index (χ0v) is 27.1. The van der Waals surface area contributed by atoms with Gasteiger partial charge in [0, 0.05) is 37.3 Å². The Morgan fingerprint density at radius 2 is 1.70 bits per heavy atom. The lowest BCUT2D eigenvalue weighted by Gasteiger charge is -2.42. The van der Waals surface area contributed by atoms with Gasteiger partial charge in [-0.15, -0.1) is 0 Å². The Morgan fingerprint density at radius 3 is 2.25 bits per heavy atom. The number of carbonyl (C=O) groups excluding carboxylic acids is 2. The molecule has 3 rings (SSSR count). The zero-order chi connectivity index (χ0) is 32.3. The first-order chi connectivity index (χ1) is 20.8. The fourth-order valence-corrected chi connectivity index (χ4v) is 6.27. The predicted molar refractivity (Wildman–Crippen MR) is 172 cm³/mol. The molecule has 10 nitrogen and oxygen atoms in total. The number of primary amides is 1. The smallest absolute Gasteiger partial charge is 0.487 e. The molecule has 242 valence electrons. The second-order valence-corrected chi connectivity index (χ2v) is 13.4. The van der Waals surface area contributed by atoms with Crippen molar-refractivity contribution in [3.63, 3.8) is 0 Å². The summed E-state index contributed by atoms with van der Waals surface area (Å²) < 4.78 is 5.56. The fourth-order valence-electron chi connectivity index (χ4n) is 6.27. The second-order valence-electron chi connectivity index (χ2n) is 13.4. The number of quaternary nitrogens is 1. The van der Waals surface area contributed by atoms with E-state index in [9.17, 15) is 19.5 Å². The van der Waals surface area contributed by atoms with Gasteiger partial charge < -0.3 is 25.8 Å². The highest BCUT2D eigenvalue weighted by Crippen LogP contribution is 2.30. The number of benzene rings is 1. The van der Waals surface area contributed by atoms with Crippen LogP contribution in [-0.2, 0) is 16.2 Å². The van der Waals surface area contributed by atoms with Crippen molar-refractivity contribution in [2.24, 2.45) is 17.6 Å². The van der Waals surface area contributed by atoms with Gasteiger partial charge in [0.15, 0.2) is 6.04 Å². The van der Waals surface area contributed by atoms with Crippen molar-refractivity contribution >= 4 is 23.6 Å². The van der Waals surface area contributed by atoms with E-state index in [-0.39, 0.29) is 16.8 Å². The minimum Gasteiger partial charge on any atom is -0.487 e. The van der Waals surface area contributed by atoms with Gasteiger partial charge in [0.1, 0.15) is 12.4 Å². The number of rotatable bonds is 15. The summed E-state index contributed by atoms with van der Waals surface area (Å²) in [6, 6.07) is 12.7. The number of nitrogens with zero attached hydrogens (tertiary/aromatic N) is 3. The summed E-state index contributed by atoms with van der Waals surface area (Å²) in [6.45, 7) is 12.4. The monoisotopic (exact) mass is 610 g/mol. The van der Waals surface area contributed by atoms with E-state index in [1.165, 1.54) is 0 Å². The molecule has 1 saturated heterocycles. The van der Waals surface area contributed by atoms with Crippen LogP contribution in [0.15, 0.2) is 48.7 Å². The van der Waals surface area contributed by atoms with Crippen molar-refractivity contribution in [1.82, 2.24) is 10.3 Å². The van der Waals surface area contributed by atoms with Crippen molar-refractivity contribution in [2.45, 2.75) is 91.3 Å². The number of hydrogen-bond acceptors (Lipinski definition) is 6. The number of nitrogens with one attached hydrogen (secondary N) is 1. The number of aromatic nitrogens is 1. The van der Waals surface area contributed by atoms with Gasteiger partial charge in [-0.3, -0.25) is 14.6 Å². The molecule has 2 unspecified atom stereocenters. The first kappa shape index (κ1) is 34.8. The Kier molecular flexibility index (Phi) is 12.6. The van der Waals surface area contributed by atoms with E-state index in [0.717, 1.165) is 42.9 Å². The molecule has 1 aliphatic heterocycles. The molecule has 10 heteroatoms. The van der Waals surface area contributed by atoms with Crippen molar-refractivity contribution < 1.29 is 28.7 Å². The number of nitrogens with two attached hydrogens (primary N) is 1. The van der Waals surface area contributed by atoms with Crippen LogP contribution < -0.4 is 20.7 Å². The van der Waals surface area contributed by atoms with Crippen LogP contribution in [0.5, 0.6) is 5.75 Å². The van der Waals surface area contributed by atoms with E-state index in [1.807, 2.05) is 56.3 Å². The van der Waals surface area contributed by atoms with Crippen LogP contribution in [0.1, 0.15) is 78.8 Å². The molecule has 1 aromatic carbocycles. The maximum atomic E-state index is 14.1. The summed E-state index contributed by atoms with van der Waals surface area (Å²) in [6.07, 6.45) is 4.91. The first-order valence-corrected chi connectivity index (χ1v) is 15.9. The van der Waals surface area contributed by atoms with E-state index in [0.29, 0.717) is 45.0 Å². The van der Waals surface area contributed by atoms with Gasteiger partial charge in [0.05, 0.1) is 24.3 Å². The number of carboxylic acid groups (broad SMARTS) is 1. The quantitative estimate of drug-likeness (QED) is 0.231. The first-order valence-electron chi connectivity index (χ1n) is 15.9. The third-order valence-corrected chi connectivity index (χ3v) is 8.45. The summed E-state index contributed by atoms with van der Waals surface area (Å²) in [4.78, 5) is 45.5. The molecule has 0 spiro atoms. The third kappa shape index (κ3) is 9.94. The highest BCUT2D eigenvalue weighted by Gasteiger charge is 2.52. The summed E-state index contributed by atoms with van der Waals surface area (Å²) in [5.74, 6) is -0.205. The van der Waals surface area contributed by atoms with E-state index < -0.39 is 29.5 Å². The van der Waals surface area contributed by atoms with Gasteiger partial charge in [-0.1, -0.05) is 26.8 Å². The van der Waals surface area contributed by atoms with E-state index in [4.69, 9.17) is 10.5 Å². The molecule has 4 N–H and O–H groups in total. The third-order valence-electron chi connectivity index (χ3n) is 8.45. The molecule has 0 saturated carbocycles. The highest BCUT2D eigenvalue weighted by atomic mass is 16.5. The Morgan fingerprint density at radius 1 is 1.05 bits per heavy atom. The zero-order valence-electron chi connectivity index (χ0n) is 27.1. The molecule has 2 atom stereocenters. The average molecular weight is 611 g/mol. The number of likely N-dealkylation sites (tertiary alicyclic amines) is 1. The van der Waals surface area contributed by atoms with Crippen LogP contribution in [-0.4, -0.2) is 70.2 Å². The fraction of sp³-hybridized carbons (Fsp3) is 0.588. The molecule has 1 fully saturated rings. The number of amides is 3. The van der Waals surface area contributed by atoms with Crippen LogP contribution in [0.25, 0.3) is 0 Å². The number of carbonyl (C=O) groups is 3. The van der Waals surface area contributed by atoms with E-state index in [2.05, 4.69) is 29.0 Å². The Hall–Kier alpha value is -3.66. The SMILES string of the molecule is CC(C)CCN(CC(C)(C)NC(=O)C(C(C)CC(N)=O)[N+]1(C(=O)O)CCCCCC1)c1ccc(OCc2ccccn2)cc1. The summed E-state index contributed by atoms with van der Waals surface area (Å²) >= 11 is 0. The molecular formula is C34H52N5O5+. The number of hydrogen-bond donors (Lipinski definition) is 3. The van der Waals surface area contributed by atoms with Gasteiger partial charge in [0.2, 0.25) is 5.91 Å². The van der Waals surface area contributed by atoms with Crippen LogP contribution >= 0.6 is 0 Å². The molecule has 2 heterocycles. The Balaban J connectivity index is 1.81. The minimum absolute atomic E-state index is 0.0545. The predicted octanol–water partition coefficient (Wildman–Crippen LogP) is 5.36. The molecule has 3 amide bonds. The lowest BCUT2D eigenvalue weighted by Crippen LogP contribution is -2.68.